The van der Waals surface area contributed by atoms with E-state index in [9.17, 15) is 8.42 Å². The molecule has 0 saturated heterocycles. The molecule has 0 bridgehead atoms. The average Bonchev–Trinajstić information content (AvgIpc) is 3.05. The maximum atomic E-state index is 13.4. The smallest absolute Gasteiger partial charge is 0.357 e. The van der Waals surface area contributed by atoms with Crippen LogP contribution >= 0.6 is 23.2 Å². The molecule has 1 aromatic carbocycles. The lowest BCUT2D eigenvalue weighted by Gasteiger charge is -2.14. The van der Waals surface area contributed by atoms with E-state index in [1.807, 2.05) is 0 Å². The lowest BCUT2D eigenvalue weighted by Crippen LogP contribution is -2.19. The molecule has 0 aliphatic heterocycles. The summed E-state index contributed by atoms with van der Waals surface area (Å²) in [5.74, 6) is -0.0148. The van der Waals surface area contributed by atoms with Crippen LogP contribution in [0.4, 0.5) is 0 Å². The summed E-state index contributed by atoms with van der Waals surface area (Å²) < 4.78 is 33.5. The van der Waals surface area contributed by atoms with E-state index in [1.165, 1.54) is 22.8 Å². The minimum Gasteiger partial charge on any atom is -0.378 e. The van der Waals surface area contributed by atoms with Crippen molar-refractivity contribution in [2.45, 2.75) is 37.9 Å². The van der Waals surface area contributed by atoms with Crippen molar-refractivity contribution < 1.29 is 12.6 Å². The van der Waals surface area contributed by atoms with Crippen LogP contribution in [0.15, 0.2) is 52.7 Å². The van der Waals surface area contributed by atoms with Gasteiger partial charge in [0.25, 0.3) is 0 Å². The van der Waals surface area contributed by atoms with E-state index in [-0.39, 0.29) is 51.3 Å². The van der Waals surface area contributed by atoms with Gasteiger partial charge in [0.15, 0.2) is 5.03 Å². The second-order valence-corrected chi connectivity index (χ2v) is 9.15. The third-order valence-corrected chi connectivity index (χ3v) is 5.92. The Morgan fingerprint density at radius 2 is 1.94 bits per heavy atom. The molecule has 12 heteroatoms. The van der Waals surface area contributed by atoms with Gasteiger partial charge in [-0.15, -0.1) is 0 Å². The van der Waals surface area contributed by atoms with Crippen LogP contribution in [0.3, 0.4) is 0 Å². The summed E-state index contributed by atoms with van der Waals surface area (Å²) in [4.78, 5) is 11.5. The number of rotatable bonds is 8. The van der Waals surface area contributed by atoms with Crippen LogP contribution < -0.4 is 4.18 Å². The summed E-state index contributed by atoms with van der Waals surface area (Å²) in [6, 6.07) is 9.45. The summed E-state index contributed by atoms with van der Waals surface area (Å²) in [7, 11) is -4.36. The number of halogens is 2. The van der Waals surface area contributed by atoms with Crippen LogP contribution in [0.2, 0.25) is 10.0 Å². The number of benzene rings is 1. The zero-order chi connectivity index (χ0) is 22.6. The Labute approximate surface area is 189 Å². The van der Waals surface area contributed by atoms with E-state index >= 15 is 0 Å². The molecule has 9 nitrogen and oxygen atoms in total. The molecule has 162 valence electrons. The second-order valence-electron chi connectivity index (χ2n) is 6.81. The average molecular weight is 481 g/mol. The molecule has 31 heavy (non-hydrogen) atoms. The van der Waals surface area contributed by atoms with Gasteiger partial charge in [0, 0.05) is 33.3 Å². The van der Waals surface area contributed by atoms with Gasteiger partial charge in [0.1, 0.15) is 11.6 Å². The fourth-order valence-electron chi connectivity index (χ4n) is 2.92. The van der Waals surface area contributed by atoms with Crippen LogP contribution in [0.25, 0.3) is 10.4 Å². The molecule has 0 unspecified atom stereocenters. The number of hydrogen-bond acceptors (Lipinski definition) is 6. The highest BCUT2D eigenvalue weighted by atomic mass is 35.5. The van der Waals surface area contributed by atoms with E-state index in [0.29, 0.717) is 5.69 Å². The van der Waals surface area contributed by atoms with E-state index < -0.39 is 10.1 Å². The van der Waals surface area contributed by atoms with Crippen LogP contribution in [0, 0.1) is 0 Å². The Balaban J connectivity index is 2.17. The third-order valence-electron chi connectivity index (χ3n) is 4.17. The molecule has 0 aliphatic rings. The first-order valence-corrected chi connectivity index (χ1v) is 11.3. The first-order valence-electron chi connectivity index (χ1n) is 9.12. The Kier molecular flexibility index (Phi) is 7.07. The monoisotopic (exact) mass is 480 g/mol. The maximum absolute atomic E-state index is 13.4. The van der Waals surface area contributed by atoms with Gasteiger partial charge in [-0.25, -0.2) is 4.98 Å². The number of hydrogen-bond donors (Lipinski definition) is 0. The molecule has 3 rings (SSSR count). The Morgan fingerprint density at radius 3 is 2.52 bits per heavy atom. The van der Waals surface area contributed by atoms with Crippen LogP contribution in [-0.4, -0.2) is 23.0 Å². The molecule has 0 amide bonds. The number of aromatic nitrogens is 3. The van der Waals surface area contributed by atoms with E-state index in [4.69, 9.17) is 32.9 Å². The van der Waals surface area contributed by atoms with Crippen LogP contribution in [0.5, 0.6) is 5.75 Å². The molecule has 0 fully saturated rings. The quantitative estimate of drug-likeness (QED) is 0.186. The zero-order valence-corrected chi connectivity index (χ0v) is 18.9. The fraction of sp³-hybridized carbons (Fsp3) is 0.263. The predicted octanol–water partition coefficient (Wildman–Crippen LogP) is 5.33. The van der Waals surface area contributed by atoms with Crippen molar-refractivity contribution in [1.82, 2.24) is 14.5 Å². The molecule has 2 heterocycles. The van der Waals surface area contributed by atoms with Crippen molar-refractivity contribution in [3.8, 4) is 5.75 Å². The minimum atomic E-state index is -4.36. The molecule has 2 aromatic heterocycles. The fourth-order valence-corrected chi connectivity index (χ4v) is 4.83. The van der Waals surface area contributed by atoms with Gasteiger partial charge in [-0.2, -0.15) is 8.42 Å². The molecule has 0 radical (unpaired) electrons. The van der Waals surface area contributed by atoms with E-state index in [0.717, 1.165) is 0 Å². The van der Waals surface area contributed by atoms with Crippen molar-refractivity contribution >= 4 is 33.3 Å². The van der Waals surface area contributed by atoms with E-state index in [2.05, 4.69) is 20.0 Å². The predicted molar refractivity (Wildman–Crippen MR) is 117 cm³/mol. The topological polar surface area (TPSA) is 123 Å². The standard InChI is InChI=1S/C19H18Cl2N6O3S/c1-12(2)18-19(31(28,29)30-16-8-13(20)7-14(21)9-16)27(17(25-18)10-24-26-22)11-15-5-3-4-6-23-15/h3-9,12H,10-11H2,1-2H3. The highest BCUT2D eigenvalue weighted by Crippen LogP contribution is 2.31. The first-order chi connectivity index (χ1) is 14.7. The molecule has 3 aromatic rings. The number of pyridine rings is 1. The van der Waals surface area contributed by atoms with Crippen molar-refractivity contribution in [1.29, 1.82) is 0 Å². The minimum absolute atomic E-state index is 0.0330. The Hall–Kier alpha value is -2.78. The van der Waals surface area contributed by atoms with Gasteiger partial charge < -0.3 is 8.75 Å². The van der Waals surface area contributed by atoms with Gasteiger partial charge in [-0.05, 0) is 29.6 Å². The van der Waals surface area contributed by atoms with Crippen molar-refractivity contribution in [2.24, 2.45) is 5.11 Å². The second kappa shape index (κ2) is 9.57. The lowest BCUT2D eigenvalue weighted by atomic mass is 10.1. The number of azide groups is 1. The highest BCUT2D eigenvalue weighted by molar-refractivity contribution is 7.87. The number of imidazole rings is 1. The number of nitrogens with zero attached hydrogens (tertiary/aromatic N) is 6. The van der Waals surface area contributed by atoms with Gasteiger partial charge in [0.05, 0.1) is 24.5 Å². The SMILES string of the molecule is CC(C)c1nc(CN=[N+]=[N-])n(Cc2ccccn2)c1S(=O)(=O)Oc1cc(Cl)cc(Cl)c1. The lowest BCUT2D eigenvalue weighted by molar-refractivity contribution is 0.470. The Morgan fingerprint density at radius 1 is 1.23 bits per heavy atom. The summed E-state index contributed by atoms with van der Waals surface area (Å²) in [6.45, 7) is 3.56. The molecule has 0 N–H and O–H groups in total. The van der Waals surface area contributed by atoms with Gasteiger partial charge in [0.2, 0.25) is 0 Å². The van der Waals surface area contributed by atoms with Gasteiger partial charge in [-0.1, -0.05) is 48.2 Å². The van der Waals surface area contributed by atoms with Gasteiger partial charge in [-0.3, -0.25) is 4.98 Å². The molecular weight excluding hydrogens is 463 g/mol. The van der Waals surface area contributed by atoms with E-state index in [1.54, 1.807) is 38.2 Å². The summed E-state index contributed by atoms with van der Waals surface area (Å²) in [5, 5.41) is 3.87. The summed E-state index contributed by atoms with van der Waals surface area (Å²) in [6.07, 6.45) is 1.60. The zero-order valence-electron chi connectivity index (χ0n) is 16.6. The maximum Gasteiger partial charge on any atom is 0.357 e. The Bertz CT molecular complexity index is 1220. The van der Waals surface area contributed by atoms with Crippen molar-refractivity contribution in [3.63, 3.8) is 0 Å². The molecule has 0 aliphatic carbocycles. The van der Waals surface area contributed by atoms with Crippen molar-refractivity contribution in [3.05, 3.63) is 80.3 Å². The molecule has 0 spiro atoms. The van der Waals surface area contributed by atoms with Crippen molar-refractivity contribution in [2.75, 3.05) is 0 Å². The largest absolute Gasteiger partial charge is 0.378 e. The first kappa shape index (κ1) is 22.9. The molecule has 0 saturated carbocycles. The van der Waals surface area contributed by atoms with Crippen LogP contribution in [0.1, 0.15) is 37.0 Å². The third kappa shape index (κ3) is 5.48. The normalized spacial score (nSPS) is 11.4. The molecule has 0 atom stereocenters. The summed E-state index contributed by atoms with van der Waals surface area (Å²) in [5.41, 5.74) is 9.62. The van der Waals surface area contributed by atoms with Crippen LogP contribution in [-0.2, 0) is 23.2 Å². The highest BCUT2D eigenvalue weighted by Gasteiger charge is 2.31. The van der Waals surface area contributed by atoms with Gasteiger partial charge >= 0.3 is 10.1 Å². The summed E-state index contributed by atoms with van der Waals surface area (Å²) >= 11 is 12.0. The molecular formula is C19H18Cl2N6O3S.